The number of rotatable bonds is 6. The second kappa shape index (κ2) is 8.56. The number of nitrogens with one attached hydrogen (secondary N) is 2. The van der Waals surface area contributed by atoms with Crippen molar-refractivity contribution in [3.8, 4) is 22.8 Å². The molecule has 6 heteroatoms. The summed E-state index contributed by atoms with van der Waals surface area (Å²) in [6, 6.07) is 26.0. The summed E-state index contributed by atoms with van der Waals surface area (Å²) in [5.41, 5.74) is 5.12. The number of aromatic nitrogens is 2. The Bertz CT molecular complexity index is 1510. The molecule has 168 valence electrons. The average molecular weight is 450 g/mol. The van der Waals surface area contributed by atoms with E-state index in [4.69, 9.17) is 14.5 Å². The Labute approximate surface area is 196 Å². The molecule has 1 aliphatic heterocycles. The fourth-order valence-electron chi connectivity index (χ4n) is 4.44. The molecule has 0 saturated heterocycles. The highest BCUT2D eigenvalue weighted by molar-refractivity contribution is 6.13. The predicted octanol–water partition coefficient (Wildman–Crippen LogP) is 5.47. The quantitative estimate of drug-likeness (QED) is 0.337. The van der Waals surface area contributed by atoms with Gasteiger partial charge in [0.15, 0.2) is 11.5 Å². The number of hydrogen-bond donors (Lipinski definition) is 2. The first kappa shape index (κ1) is 20.3. The fraction of sp³-hybridized carbons (Fsp3) is 0.143. The van der Waals surface area contributed by atoms with Crippen molar-refractivity contribution in [2.24, 2.45) is 0 Å². The van der Waals surface area contributed by atoms with Gasteiger partial charge in [0.1, 0.15) is 5.69 Å². The van der Waals surface area contributed by atoms with Gasteiger partial charge in [-0.1, -0.05) is 48.5 Å². The Hall–Kier alpha value is -4.32. The molecule has 1 amide bonds. The molecule has 0 unspecified atom stereocenters. The van der Waals surface area contributed by atoms with E-state index < -0.39 is 0 Å². The van der Waals surface area contributed by atoms with Gasteiger partial charge < -0.3 is 19.8 Å². The van der Waals surface area contributed by atoms with Gasteiger partial charge in [-0.2, -0.15) is 0 Å². The number of H-pyrrole nitrogens is 1. The van der Waals surface area contributed by atoms with Gasteiger partial charge in [0, 0.05) is 28.4 Å². The highest BCUT2D eigenvalue weighted by atomic mass is 16.7. The molecule has 2 N–H and O–H groups in total. The molecule has 1 aliphatic rings. The summed E-state index contributed by atoms with van der Waals surface area (Å²) in [5.74, 6) is 1.21. The standard InChI is InChI=1S/C28H23N3O3/c32-28(29-14-6-9-18-7-2-1-3-8-18)23-16-21-20-10-4-5-11-22(20)30-27(21)26(31-23)19-12-13-24-25(15-19)34-17-33-24/h1-5,7-8,10-13,15-16,30H,6,9,14,17H2,(H,29,32). The van der Waals surface area contributed by atoms with Crippen molar-refractivity contribution in [1.29, 1.82) is 0 Å². The van der Waals surface area contributed by atoms with Crippen LogP contribution in [0.5, 0.6) is 11.5 Å². The largest absolute Gasteiger partial charge is 0.454 e. The minimum atomic E-state index is -0.178. The molecular formula is C28H23N3O3. The lowest BCUT2D eigenvalue weighted by Gasteiger charge is -2.09. The zero-order chi connectivity index (χ0) is 22.9. The molecule has 3 aromatic carbocycles. The molecule has 0 saturated carbocycles. The fourth-order valence-corrected chi connectivity index (χ4v) is 4.44. The molecule has 0 bridgehead atoms. The van der Waals surface area contributed by atoms with Crippen molar-refractivity contribution < 1.29 is 14.3 Å². The summed E-state index contributed by atoms with van der Waals surface area (Å²) in [6.07, 6.45) is 1.78. The van der Waals surface area contributed by atoms with Gasteiger partial charge in [-0.25, -0.2) is 4.98 Å². The number of fused-ring (bicyclic) bond motifs is 4. The van der Waals surface area contributed by atoms with Gasteiger partial charge in [-0.3, -0.25) is 4.79 Å². The maximum Gasteiger partial charge on any atom is 0.269 e. The Morgan fingerprint density at radius 1 is 0.912 bits per heavy atom. The average Bonchev–Trinajstić information content (AvgIpc) is 3.50. The summed E-state index contributed by atoms with van der Waals surface area (Å²) < 4.78 is 11.0. The van der Waals surface area contributed by atoms with Crippen LogP contribution in [0.1, 0.15) is 22.5 Å². The molecule has 6 rings (SSSR count). The number of aromatic amines is 1. The van der Waals surface area contributed by atoms with Crippen molar-refractivity contribution in [3.05, 3.63) is 90.1 Å². The van der Waals surface area contributed by atoms with E-state index in [0.717, 1.165) is 40.2 Å². The number of nitrogens with zero attached hydrogens (tertiary/aromatic N) is 1. The third-order valence-corrected chi connectivity index (χ3v) is 6.15. The Kier molecular flexibility index (Phi) is 5.11. The first-order chi connectivity index (χ1) is 16.8. The van der Waals surface area contributed by atoms with Crippen LogP contribution < -0.4 is 14.8 Å². The number of aryl methyl sites for hydroxylation is 1. The van der Waals surface area contributed by atoms with Crippen LogP contribution in [0.2, 0.25) is 0 Å². The van der Waals surface area contributed by atoms with E-state index in [9.17, 15) is 4.79 Å². The number of para-hydroxylation sites is 1. The Balaban J connectivity index is 1.34. The van der Waals surface area contributed by atoms with Gasteiger partial charge >= 0.3 is 0 Å². The number of pyridine rings is 1. The lowest BCUT2D eigenvalue weighted by atomic mass is 10.1. The molecule has 0 atom stereocenters. The third kappa shape index (κ3) is 3.73. The second-order valence-electron chi connectivity index (χ2n) is 8.36. The summed E-state index contributed by atoms with van der Waals surface area (Å²) in [4.78, 5) is 21.4. The SMILES string of the molecule is O=C(NCCCc1ccccc1)c1cc2c([nH]c3ccccc32)c(-c2ccc3c(c2)OCO3)n1. The Morgan fingerprint density at radius 2 is 1.74 bits per heavy atom. The van der Waals surface area contributed by atoms with E-state index in [1.807, 2.05) is 60.7 Å². The summed E-state index contributed by atoms with van der Waals surface area (Å²) in [5, 5.41) is 5.06. The van der Waals surface area contributed by atoms with Crippen LogP contribution in [0.3, 0.4) is 0 Å². The first-order valence-corrected chi connectivity index (χ1v) is 11.4. The monoisotopic (exact) mass is 449 g/mol. The molecule has 5 aromatic rings. The van der Waals surface area contributed by atoms with Crippen LogP contribution >= 0.6 is 0 Å². The van der Waals surface area contributed by atoms with Crippen LogP contribution in [0.25, 0.3) is 33.1 Å². The van der Waals surface area contributed by atoms with Crippen molar-refractivity contribution >= 4 is 27.7 Å². The van der Waals surface area contributed by atoms with Crippen LogP contribution in [-0.4, -0.2) is 29.2 Å². The molecule has 34 heavy (non-hydrogen) atoms. The van der Waals surface area contributed by atoms with Crippen molar-refractivity contribution in [2.75, 3.05) is 13.3 Å². The number of carbonyl (C=O) groups is 1. The zero-order valence-electron chi connectivity index (χ0n) is 18.5. The normalized spacial score (nSPS) is 12.4. The first-order valence-electron chi connectivity index (χ1n) is 11.4. The predicted molar refractivity (Wildman–Crippen MR) is 132 cm³/mol. The maximum atomic E-state index is 13.1. The highest BCUT2D eigenvalue weighted by Crippen LogP contribution is 2.38. The van der Waals surface area contributed by atoms with Crippen molar-refractivity contribution in [3.63, 3.8) is 0 Å². The minimum absolute atomic E-state index is 0.178. The number of amides is 1. The third-order valence-electron chi connectivity index (χ3n) is 6.15. The molecule has 0 radical (unpaired) electrons. The van der Waals surface area contributed by atoms with Crippen molar-refractivity contribution in [1.82, 2.24) is 15.3 Å². The maximum absolute atomic E-state index is 13.1. The zero-order valence-corrected chi connectivity index (χ0v) is 18.5. The van der Waals surface area contributed by atoms with Crippen LogP contribution in [0, 0.1) is 0 Å². The lowest BCUT2D eigenvalue weighted by molar-refractivity contribution is 0.0948. The molecule has 0 aliphatic carbocycles. The van der Waals surface area contributed by atoms with Crippen LogP contribution in [-0.2, 0) is 6.42 Å². The number of hydrogen-bond acceptors (Lipinski definition) is 4. The number of benzene rings is 3. The highest BCUT2D eigenvalue weighted by Gasteiger charge is 2.20. The minimum Gasteiger partial charge on any atom is -0.454 e. The van der Waals surface area contributed by atoms with E-state index in [-0.39, 0.29) is 12.7 Å². The van der Waals surface area contributed by atoms with E-state index in [2.05, 4.69) is 28.5 Å². The molecule has 0 fully saturated rings. The van der Waals surface area contributed by atoms with Crippen LogP contribution in [0.4, 0.5) is 0 Å². The lowest BCUT2D eigenvalue weighted by Crippen LogP contribution is -2.25. The van der Waals surface area contributed by atoms with Gasteiger partial charge in [0.25, 0.3) is 5.91 Å². The molecular weight excluding hydrogens is 426 g/mol. The smallest absolute Gasteiger partial charge is 0.269 e. The van der Waals surface area contributed by atoms with Gasteiger partial charge in [0.2, 0.25) is 6.79 Å². The summed E-state index contributed by atoms with van der Waals surface area (Å²) in [6.45, 7) is 0.792. The van der Waals surface area contributed by atoms with Gasteiger partial charge in [-0.15, -0.1) is 0 Å². The summed E-state index contributed by atoms with van der Waals surface area (Å²) >= 11 is 0. The van der Waals surface area contributed by atoms with E-state index in [1.165, 1.54) is 5.56 Å². The second-order valence-corrected chi connectivity index (χ2v) is 8.36. The molecule has 3 heterocycles. The van der Waals surface area contributed by atoms with Gasteiger partial charge in [0.05, 0.1) is 11.2 Å². The van der Waals surface area contributed by atoms with Crippen LogP contribution in [0.15, 0.2) is 78.9 Å². The Morgan fingerprint density at radius 3 is 2.65 bits per heavy atom. The molecule has 0 spiro atoms. The van der Waals surface area contributed by atoms with E-state index in [0.29, 0.717) is 29.4 Å². The van der Waals surface area contributed by atoms with Crippen molar-refractivity contribution in [2.45, 2.75) is 12.8 Å². The van der Waals surface area contributed by atoms with E-state index in [1.54, 1.807) is 0 Å². The van der Waals surface area contributed by atoms with E-state index >= 15 is 0 Å². The molecule has 6 nitrogen and oxygen atoms in total. The number of carbonyl (C=O) groups excluding carboxylic acids is 1. The topological polar surface area (TPSA) is 76.2 Å². The molecule has 2 aromatic heterocycles. The number of ether oxygens (including phenoxy) is 2. The summed E-state index contributed by atoms with van der Waals surface area (Å²) in [7, 11) is 0. The van der Waals surface area contributed by atoms with Gasteiger partial charge in [-0.05, 0) is 48.7 Å².